The Morgan fingerprint density at radius 2 is 1.85 bits per heavy atom. The van der Waals surface area contributed by atoms with Gasteiger partial charge in [0.05, 0.1) is 30.7 Å². The van der Waals surface area contributed by atoms with Gasteiger partial charge in [0.25, 0.3) is 0 Å². The quantitative estimate of drug-likeness (QED) is 0.447. The van der Waals surface area contributed by atoms with E-state index in [9.17, 15) is 14.4 Å². The van der Waals surface area contributed by atoms with Gasteiger partial charge in [0, 0.05) is 17.4 Å². The van der Waals surface area contributed by atoms with Crippen molar-refractivity contribution in [2.24, 2.45) is 22.7 Å². The van der Waals surface area contributed by atoms with Crippen LogP contribution in [-0.2, 0) is 20.2 Å². The summed E-state index contributed by atoms with van der Waals surface area (Å²) in [5.74, 6) is -4.30. The van der Waals surface area contributed by atoms with Crippen molar-refractivity contribution in [3.8, 4) is 11.6 Å². The molecule has 2 bridgehead atoms. The van der Waals surface area contributed by atoms with Crippen molar-refractivity contribution in [1.82, 2.24) is 20.2 Å². The number of benzene rings is 1. The molecule has 4 aliphatic rings. The number of fused-ring (bicyclic) bond motifs is 5. The minimum Gasteiger partial charge on any atom is -0.497 e. The second-order valence-electron chi connectivity index (χ2n) is 14.6. The number of nitrogens with zero attached hydrogens (tertiary/aromatic N) is 3. The second kappa shape index (κ2) is 11.6. The highest BCUT2D eigenvalue weighted by Crippen LogP contribution is 2.65. The lowest BCUT2D eigenvalue weighted by Gasteiger charge is -2.35. The van der Waals surface area contributed by atoms with Crippen LogP contribution in [0.5, 0.6) is 11.6 Å². The fraction of sp³-hybridized carbons (Fsp3) is 0.676. The highest BCUT2D eigenvalue weighted by Gasteiger charge is 2.64. The Morgan fingerprint density at radius 1 is 1.11 bits per heavy atom. The summed E-state index contributed by atoms with van der Waals surface area (Å²) in [6.07, 6.45) is 1.42. The van der Waals surface area contributed by atoms with E-state index in [0.717, 1.165) is 0 Å². The van der Waals surface area contributed by atoms with E-state index in [1.54, 1.807) is 18.2 Å². The van der Waals surface area contributed by atoms with E-state index >= 15 is 8.78 Å². The number of Topliss-reactive ketones (excluding diaryl/α,β-unsaturated/α-hetero) is 1. The molecule has 6 rings (SSSR count). The molecular weight excluding hydrogens is 598 g/mol. The van der Waals surface area contributed by atoms with E-state index in [4.69, 9.17) is 14.2 Å². The summed E-state index contributed by atoms with van der Waals surface area (Å²) in [6.45, 7) is 8.70. The number of methoxy groups -OCH3 is 1. The van der Waals surface area contributed by atoms with Crippen LogP contribution >= 0.6 is 0 Å². The molecule has 1 aromatic carbocycles. The zero-order chi connectivity index (χ0) is 33.2. The molecule has 12 heteroatoms. The number of ketones is 1. The number of alkyl halides is 2. The minimum atomic E-state index is -3.35. The molecule has 2 aromatic rings. The smallest absolute Gasteiger partial charge is 0.408 e. The standard InChI is InChI=1S/C34H44F2N4O6/c1-7-21-25-17-40(26(21)18(2)41)30(42)28(32(3,4)5)39-31(43)46-24-15-19(24)9-8-12-33(13-14-33)34(35,36)27-29(45-25)38-23-16-20(44-6)10-11-22(23)37-27/h10-11,16,19,21,24-26,28H,7-9,12-15,17H2,1-6H3,(H,39,43)/t19-,21-,24-,25+,26-,28-/m1/s1. The molecule has 1 saturated heterocycles. The summed E-state index contributed by atoms with van der Waals surface area (Å²) in [4.78, 5) is 50.9. The van der Waals surface area contributed by atoms with Crippen molar-refractivity contribution in [2.45, 2.75) is 110 Å². The number of ether oxygens (including phenoxy) is 3. The van der Waals surface area contributed by atoms with Crippen molar-refractivity contribution in [1.29, 1.82) is 0 Å². The van der Waals surface area contributed by atoms with Crippen LogP contribution in [0.2, 0.25) is 0 Å². The lowest BCUT2D eigenvalue weighted by Crippen LogP contribution is -2.57. The molecule has 3 fully saturated rings. The number of amides is 2. The number of carbonyl (C=O) groups excluding carboxylic acids is 3. The van der Waals surface area contributed by atoms with Crippen LogP contribution in [0.15, 0.2) is 18.2 Å². The topological polar surface area (TPSA) is 120 Å². The number of halogens is 2. The Kier molecular flexibility index (Phi) is 8.16. The van der Waals surface area contributed by atoms with Crippen molar-refractivity contribution >= 4 is 28.8 Å². The molecule has 2 saturated carbocycles. The predicted octanol–water partition coefficient (Wildman–Crippen LogP) is 5.80. The van der Waals surface area contributed by atoms with Gasteiger partial charge in [-0.3, -0.25) is 9.59 Å². The summed E-state index contributed by atoms with van der Waals surface area (Å²) in [6, 6.07) is 2.99. The summed E-state index contributed by atoms with van der Waals surface area (Å²) in [7, 11) is 1.51. The first-order chi connectivity index (χ1) is 21.7. The van der Waals surface area contributed by atoms with E-state index in [1.807, 2.05) is 27.7 Å². The van der Waals surface area contributed by atoms with Gasteiger partial charge in [-0.15, -0.1) is 0 Å². The number of hydrogen-bond acceptors (Lipinski definition) is 8. The molecule has 3 heterocycles. The highest BCUT2D eigenvalue weighted by molar-refractivity contribution is 5.92. The normalized spacial score (nSPS) is 30.7. The van der Waals surface area contributed by atoms with Crippen molar-refractivity contribution in [2.75, 3.05) is 13.7 Å². The van der Waals surface area contributed by atoms with Gasteiger partial charge >= 0.3 is 12.0 Å². The van der Waals surface area contributed by atoms with Crippen LogP contribution in [0.25, 0.3) is 11.0 Å². The van der Waals surface area contributed by atoms with Crippen LogP contribution in [0.1, 0.15) is 85.3 Å². The fourth-order valence-electron chi connectivity index (χ4n) is 7.41. The molecule has 2 aliphatic heterocycles. The number of alkyl carbamates (subject to hydrolysis) is 1. The molecule has 1 spiro atoms. The average molecular weight is 643 g/mol. The van der Waals surface area contributed by atoms with Crippen LogP contribution < -0.4 is 14.8 Å². The number of aromatic nitrogens is 2. The van der Waals surface area contributed by atoms with E-state index in [1.165, 1.54) is 18.9 Å². The van der Waals surface area contributed by atoms with E-state index in [-0.39, 0.29) is 30.2 Å². The maximum Gasteiger partial charge on any atom is 0.408 e. The van der Waals surface area contributed by atoms with Crippen molar-refractivity contribution in [3.63, 3.8) is 0 Å². The first-order valence-corrected chi connectivity index (χ1v) is 16.4. The van der Waals surface area contributed by atoms with E-state index < -0.39 is 58.6 Å². The highest BCUT2D eigenvalue weighted by atomic mass is 19.3. The Morgan fingerprint density at radius 3 is 2.48 bits per heavy atom. The molecular formula is C34H44F2N4O6. The van der Waals surface area contributed by atoms with Crippen LogP contribution in [-0.4, -0.2) is 70.6 Å². The molecule has 250 valence electrons. The Balaban J connectivity index is 1.46. The molecule has 0 unspecified atom stereocenters. The molecule has 2 amide bonds. The molecule has 46 heavy (non-hydrogen) atoms. The van der Waals surface area contributed by atoms with Gasteiger partial charge in [-0.2, -0.15) is 8.78 Å². The summed E-state index contributed by atoms with van der Waals surface area (Å²) in [5.41, 5.74) is -1.90. The van der Waals surface area contributed by atoms with Gasteiger partial charge in [0.1, 0.15) is 24.0 Å². The average Bonchev–Trinajstić information content (AvgIpc) is 3.91. The maximum absolute atomic E-state index is 16.8. The van der Waals surface area contributed by atoms with Gasteiger partial charge in [-0.25, -0.2) is 14.8 Å². The van der Waals surface area contributed by atoms with E-state index in [2.05, 4.69) is 15.3 Å². The predicted molar refractivity (Wildman–Crippen MR) is 165 cm³/mol. The largest absolute Gasteiger partial charge is 0.497 e. The van der Waals surface area contributed by atoms with Crippen LogP contribution in [0.3, 0.4) is 0 Å². The van der Waals surface area contributed by atoms with Crippen molar-refractivity contribution < 1.29 is 37.4 Å². The van der Waals surface area contributed by atoms with Gasteiger partial charge < -0.3 is 24.4 Å². The van der Waals surface area contributed by atoms with Crippen LogP contribution in [0.4, 0.5) is 13.6 Å². The Labute approximate surface area is 267 Å². The summed E-state index contributed by atoms with van der Waals surface area (Å²) >= 11 is 0. The first kappa shape index (κ1) is 32.4. The molecule has 1 aromatic heterocycles. The summed E-state index contributed by atoms with van der Waals surface area (Å²) < 4.78 is 51.0. The minimum absolute atomic E-state index is 0.0520. The van der Waals surface area contributed by atoms with Crippen molar-refractivity contribution in [3.05, 3.63) is 23.9 Å². The number of hydrogen-bond donors (Lipinski definition) is 1. The van der Waals surface area contributed by atoms with E-state index in [0.29, 0.717) is 61.7 Å². The Hall–Kier alpha value is -3.57. The van der Waals surface area contributed by atoms with Gasteiger partial charge in [0.2, 0.25) is 11.8 Å². The molecule has 1 N–H and O–H groups in total. The summed E-state index contributed by atoms with van der Waals surface area (Å²) in [5, 5.41) is 2.79. The third kappa shape index (κ3) is 5.76. The number of rotatable bonds is 3. The third-order valence-electron chi connectivity index (χ3n) is 10.4. The van der Waals surface area contributed by atoms with Gasteiger partial charge in [0.15, 0.2) is 11.5 Å². The lowest BCUT2D eigenvalue weighted by atomic mass is 9.85. The second-order valence-corrected chi connectivity index (χ2v) is 14.6. The molecule has 0 radical (unpaired) electrons. The lowest BCUT2D eigenvalue weighted by molar-refractivity contribution is -0.141. The monoisotopic (exact) mass is 642 g/mol. The third-order valence-corrected chi connectivity index (χ3v) is 10.4. The first-order valence-electron chi connectivity index (χ1n) is 16.4. The molecule has 6 atom stereocenters. The molecule has 2 aliphatic carbocycles. The Bertz CT molecular complexity index is 1540. The number of nitrogens with one attached hydrogen (secondary N) is 1. The fourth-order valence-corrected chi connectivity index (χ4v) is 7.41. The van der Waals surface area contributed by atoms with Gasteiger partial charge in [-0.05, 0) is 68.9 Å². The van der Waals surface area contributed by atoms with Crippen LogP contribution in [0, 0.1) is 22.7 Å². The zero-order valence-corrected chi connectivity index (χ0v) is 27.4. The SMILES string of the molecule is CC[C@@H]1[C@@H]2CN(C(=O)[C@H](C(C)(C)C)NC(=O)O[C@@H]3C[C@H]3CCCC3(CC3)C(F)(F)c3nc4ccc(OC)cc4nc3O2)[C@@H]1C(C)=O. The maximum atomic E-state index is 16.8. The molecule has 10 nitrogen and oxygen atoms in total. The number of carbonyl (C=O) groups is 3. The van der Waals surface area contributed by atoms with Gasteiger partial charge in [-0.1, -0.05) is 34.1 Å². The zero-order valence-electron chi connectivity index (χ0n) is 27.4.